The van der Waals surface area contributed by atoms with Crippen molar-refractivity contribution in [3.8, 4) is 0 Å². The Kier molecular flexibility index (Phi) is 4.62. The number of hydrogen-bond donors (Lipinski definition) is 1. The zero-order valence-corrected chi connectivity index (χ0v) is 12.9. The van der Waals surface area contributed by atoms with Crippen molar-refractivity contribution in [3.63, 3.8) is 0 Å². The van der Waals surface area contributed by atoms with Gasteiger partial charge in [0.2, 0.25) is 0 Å². The van der Waals surface area contributed by atoms with E-state index < -0.39 is 0 Å². The fourth-order valence-electron chi connectivity index (χ4n) is 2.61. The molecular weight excluding hydrogens is 303 g/mol. The number of nitrogens with zero attached hydrogens (tertiary/aromatic N) is 3. The highest BCUT2D eigenvalue weighted by Crippen LogP contribution is 2.23. The summed E-state index contributed by atoms with van der Waals surface area (Å²) in [7, 11) is 0. The molecule has 7 heteroatoms. The summed E-state index contributed by atoms with van der Waals surface area (Å²) in [4.78, 5) is 21.9. The van der Waals surface area contributed by atoms with Crippen LogP contribution in [-0.2, 0) is 0 Å². The largest absolute Gasteiger partial charge is 0.354 e. The van der Waals surface area contributed by atoms with Gasteiger partial charge in [0.25, 0.3) is 5.91 Å². The highest BCUT2D eigenvalue weighted by molar-refractivity contribution is 7.07. The van der Waals surface area contributed by atoms with E-state index in [1.807, 2.05) is 4.90 Å². The molecule has 2 aromatic rings. The number of halogens is 1. The van der Waals surface area contributed by atoms with Gasteiger partial charge in [0, 0.05) is 31.2 Å². The van der Waals surface area contributed by atoms with E-state index in [9.17, 15) is 9.18 Å². The first-order chi connectivity index (χ1) is 10.7. The molecule has 1 aliphatic heterocycles. The van der Waals surface area contributed by atoms with Crippen molar-refractivity contribution in [2.45, 2.75) is 12.8 Å². The lowest BCUT2D eigenvalue weighted by Gasteiger charge is -2.32. The van der Waals surface area contributed by atoms with E-state index in [0.29, 0.717) is 24.0 Å². The Bertz CT molecular complexity index is 626. The summed E-state index contributed by atoms with van der Waals surface area (Å²) in [5.74, 6) is 0.426. The number of carbonyl (C=O) groups excluding carboxylic acids is 1. The average Bonchev–Trinajstić information content (AvgIpc) is 3.08. The number of carbonyl (C=O) groups is 1. The van der Waals surface area contributed by atoms with E-state index in [0.717, 1.165) is 25.9 Å². The Hall–Kier alpha value is -2.02. The first-order valence-electron chi connectivity index (χ1n) is 7.26. The third kappa shape index (κ3) is 3.41. The first-order valence-corrected chi connectivity index (χ1v) is 8.20. The molecule has 1 saturated heterocycles. The van der Waals surface area contributed by atoms with E-state index in [4.69, 9.17) is 0 Å². The maximum atomic E-state index is 13.7. The van der Waals surface area contributed by atoms with E-state index in [-0.39, 0.29) is 11.7 Å². The lowest BCUT2D eigenvalue weighted by atomic mass is 9.96. The number of thiazole rings is 1. The molecule has 0 bridgehead atoms. The van der Waals surface area contributed by atoms with E-state index >= 15 is 0 Å². The summed E-state index contributed by atoms with van der Waals surface area (Å²) >= 11 is 1.41. The van der Waals surface area contributed by atoms with Crippen LogP contribution in [0.15, 0.2) is 29.2 Å². The van der Waals surface area contributed by atoms with Crippen LogP contribution in [0.2, 0.25) is 0 Å². The highest BCUT2D eigenvalue weighted by atomic mass is 32.1. The molecule has 0 saturated carbocycles. The molecule has 0 radical (unpaired) electrons. The van der Waals surface area contributed by atoms with Gasteiger partial charge in [-0.3, -0.25) is 4.79 Å². The Balaban J connectivity index is 1.48. The van der Waals surface area contributed by atoms with Crippen molar-refractivity contribution in [2.24, 2.45) is 5.92 Å². The topological polar surface area (TPSA) is 58.1 Å². The molecule has 0 unspecified atom stereocenters. The SMILES string of the molecule is O=C(NCC1CCN(c2ncccc2F)CC1)c1cscn1. The van der Waals surface area contributed by atoms with E-state index in [1.54, 1.807) is 23.2 Å². The van der Waals surface area contributed by atoms with Crippen LogP contribution in [0.1, 0.15) is 23.3 Å². The van der Waals surface area contributed by atoms with Crippen LogP contribution in [0.3, 0.4) is 0 Å². The van der Waals surface area contributed by atoms with Crippen LogP contribution in [0, 0.1) is 11.7 Å². The van der Waals surface area contributed by atoms with Crippen molar-refractivity contribution in [1.29, 1.82) is 0 Å². The molecule has 5 nitrogen and oxygen atoms in total. The minimum Gasteiger partial charge on any atom is -0.354 e. The zero-order chi connectivity index (χ0) is 15.4. The van der Waals surface area contributed by atoms with Crippen molar-refractivity contribution in [3.05, 3.63) is 40.7 Å². The normalized spacial score (nSPS) is 15.8. The molecule has 1 N–H and O–H groups in total. The van der Waals surface area contributed by atoms with Crippen LogP contribution >= 0.6 is 11.3 Å². The number of nitrogens with one attached hydrogen (secondary N) is 1. The van der Waals surface area contributed by atoms with Gasteiger partial charge in [0.1, 0.15) is 5.69 Å². The predicted octanol–water partition coefficient (Wildman–Crippen LogP) is 2.32. The number of pyridine rings is 1. The summed E-state index contributed by atoms with van der Waals surface area (Å²) in [6.45, 7) is 2.14. The molecule has 0 aromatic carbocycles. The minimum atomic E-state index is -0.280. The predicted molar refractivity (Wildman–Crippen MR) is 83.6 cm³/mol. The maximum Gasteiger partial charge on any atom is 0.270 e. The van der Waals surface area contributed by atoms with Crippen LogP contribution < -0.4 is 10.2 Å². The molecule has 22 heavy (non-hydrogen) atoms. The van der Waals surface area contributed by atoms with Gasteiger partial charge >= 0.3 is 0 Å². The first kappa shape index (κ1) is 14.9. The Morgan fingerprint density at radius 2 is 2.23 bits per heavy atom. The van der Waals surface area contributed by atoms with Gasteiger partial charge in [0.05, 0.1) is 5.51 Å². The molecular formula is C15H17FN4OS. The second-order valence-corrected chi connectivity index (χ2v) is 6.04. The standard InChI is InChI=1S/C15H17FN4OS/c16-12-2-1-5-17-14(12)20-6-3-11(4-7-20)8-18-15(21)13-9-22-10-19-13/h1-2,5,9-11H,3-4,6-8H2,(H,18,21). The monoisotopic (exact) mass is 320 g/mol. The van der Waals surface area contributed by atoms with Gasteiger partial charge in [-0.05, 0) is 30.9 Å². The van der Waals surface area contributed by atoms with Crippen molar-refractivity contribution in [2.75, 3.05) is 24.5 Å². The van der Waals surface area contributed by atoms with Gasteiger partial charge < -0.3 is 10.2 Å². The van der Waals surface area contributed by atoms with Gasteiger partial charge in [0.15, 0.2) is 11.6 Å². The molecule has 2 aromatic heterocycles. The summed E-state index contributed by atoms with van der Waals surface area (Å²) < 4.78 is 13.7. The quantitative estimate of drug-likeness (QED) is 0.939. The number of aromatic nitrogens is 2. The van der Waals surface area contributed by atoms with Gasteiger partial charge in [-0.15, -0.1) is 11.3 Å². The molecule has 1 aliphatic rings. The maximum absolute atomic E-state index is 13.7. The Morgan fingerprint density at radius 3 is 2.91 bits per heavy atom. The molecule has 3 heterocycles. The van der Waals surface area contributed by atoms with Crippen molar-refractivity contribution >= 4 is 23.1 Å². The van der Waals surface area contributed by atoms with E-state index in [1.165, 1.54) is 17.4 Å². The second kappa shape index (κ2) is 6.83. The Labute approximate surface area is 132 Å². The van der Waals surface area contributed by atoms with Crippen LogP contribution in [0.4, 0.5) is 10.2 Å². The van der Waals surface area contributed by atoms with Crippen molar-refractivity contribution < 1.29 is 9.18 Å². The number of amides is 1. The smallest absolute Gasteiger partial charge is 0.270 e. The van der Waals surface area contributed by atoms with Gasteiger partial charge in [-0.2, -0.15) is 0 Å². The molecule has 116 valence electrons. The molecule has 1 amide bonds. The molecule has 0 aliphatic carbocycles. The number of hydrogen-bond acceptors (Lipinski definition) is 5. The summed E-state index contributed by atoms with van der Waals surface area (Å²) in [5.41, 5.74) is 2.12. The molecule has 0 spiro atoms. The number of anilines is 1. The van der Waals surface area contributed by atoms with Crippen LogP contribution in [-0.4, -0.2) is 35.5 Å². The molecule has 1 fully saturated rings. The minimum absolute atomic E-state index is 0.126. The number of piperidine rings is 1. The highest BCUT2D eigenvalue weighted by Gasteiger charge is 2.22. The van der Waals surface area contributed by atoms with Crippen LogP contribution in [0.5, 0.6) is 0 Å². The lowest BCUT2D eigenvalue weighted by Crippen LogP contribution is -2.39. The average molecular weight is 320 g/mol. The third-order valence-electron chi connectivity index (χ3n) is 3.87. The third-order valence-corrected chi connectivity index (χ3v) is 4.46. The lowest BCUT2D eigenvalue weighted by molar-refractivity contribution is 0.0940. The molecule has 3 rings (SSSR count). The summed E-state index contributed by atoms with van der Waals surface area (Å²) in [5, 5.41) is 4.66. The van der Waals surface area contributed by atoms with Crippen LogP contribution in [0.25, 0.3) is 0 Å². The fourth-order valence-corrected chi connectivity index (χ4v) is 3.14. The second-order valence-electron chi connectivity index (χ2n) is 5.32. The molecule has 0 atom stereocenters. The fraction of sp³-hybridized carbons (Fsp3) is 0.400. The van der Waals surface area contributed by atoms with Gasteiger partial charge in [-0.1, -0.05) is 0 Å². The zero-order valence-electron chi connectivity index (χ0n) is 12.0. The number of rotatable bonds is 4. The van der Waals surface area contributed by atoms with Crippen molar-refractivity contribution in [1.82, 2.24) is 15.3 Å². The Morgan fingerprint density at radius 1 is 1.41 bits per heavy atom. The van der Waals surface area contributed by atoms with Gasteiger partial charge in [-0.25, -0.2) is 14.4 Å². The summed E-state index contributed by atoms with van der Waals surface area (Å²) in [6.07, 6.45) is 3.43. The van der Waals surface area contributed by atoms with E-state index in [2.05, 4.69) is 15.3 Å². The summed E-state index contributed by atoms with van der Waals surface area (Å²) in [6, 6.07) is 3.03.